The highest BCUT2D eigenvalue weighted by Crippen LogP contribution is 2.24. The summed E-state index contributed by atoms with van der Waals surface area (Å²) in [5.74, 6) is 1.04. The summed E-state index contributed by atoms with van der Waals surface area (Å²) in [6.45, 7) is 4.26. The molecule has 0 bridgehead atoms. The smallest absolute Gasteiger partial charge is 0.130 e. The van der Waals surface area contributed by atoms with Gasteiger partial charge in [-0.25, -0.2) is 4.98 Å². The van der Waals surface area contributed by atoms with E-state index in [1.165, 1.54) is 16.7 Å². The second-order valence-electron chi connectivity index (χ2n) is 4.48. The monoisotopic (exact) mass is 229 g/mol. The van der Waals surface area contributed by atoms with Gasteiger partial charge in [0.05, 0.1) is 6.04 Å². The van der Waals surface area contributed by atoms with Crippen LogP contribution in [-0.2, 0) is 7.05 Å². The van der Waals surface area contributed by atoms with Crippen molar-refractivity contribution in [2.45, 2.75) is 19.9 Å². The molecule has 3 heteroatoms. The van der Waals surface area contributed by atoms with Crippen molar-refractivity contribution in [2.75, 3.05) is 7.05 Å². The van der Waals surface area contributed by atoms with Crippen LogP contribution in [0.25, 0.3) is 0 Å². The highest BCUT2D eigenvalue weighted by molar-refractivity contribution is 5.36. The maximum absolute atomic E-state index is 4.43. The third-order valence-corrected chi connectivity index (χ3v) is 3.15. The van der Waals surface area contributed by atoms with E-state index in [1.54, 1.807) is 0 Å². The van der Waals surface area contributed by atoms with Gasteiger partial charge in [-0.3, -0.25) is 0 Å². The molecule has 3 nitrogen and oxygen atoms in total. The lowest BCUT2D eigenvalue weighted by Gasteiger charge is -2.19. The van der Waals surface area contributed by atoms with Crippen molar-refractivity contribution in [3.05, 3.63) is 53.1 Å². The average molecular weight is 229 g/mol. The van der Waals surface area contributed by atoms with Crippen LogP contribution < -0.4 is 5.32 Å². The highest BCUT2D eigenvalue weighted by Gasteiger charge is 2.17. The summed E-state index contributed by atoms with van der Waals surface area (Å²) in [4.78, 5) is 4.43. The van der Waals surface area contributed by atoms with E-state index in [2.05, 4.69) is 46.9 Å². The minimum absolute atomic E-state index is 0.148. The van der Waals surface area contributed by atoms with E-state index in [4.69, 9.17) is 0 Å². The van der Waals surface area contributed by atoms with Crippen molar-refractivity contribution >= 4 is 0 Å². The molecule has 0 saturated carbocycles. The average Bonchev–Trinajstić information content (AvgIpc) is 2.71. The molecular formula is C14H19N3. The molecule has 0 spiro atoms. The van der Waals surface area contributed by atoms with Crippen LogP contribution in [-0.4, -0.2) is 16.6 Å². The molecule has 1 unspecified atom stereocenters. The summed E-state index contributed by atoms with van der Waals surface area (Å²) >= 11 is 0. The fourth-order valence-corrected chi connectivity index (χ4v) is 2.15. The van der Waals surface area contributed by atoms with E-state index in [0.717, 1.165) is 5.82 Å². The Morgan fingerprint density at radius 1 is 1.29 bits per heavy atom. The molecule has 90 valence electrons. The minimum atomic E-state index is 0.148. The SMILES string of the molecule is CNC(c1cc(C)ccc1C)c1nccn1C. The number of hydrogen-bond acceptors (Lipinski definition) is 2. The first-order valence-electron chi connectivity index (χ1n) is 5.85. The predicted octanol–water partition coefficient (Wildman–Crippen LogP) is 2.35. The molecule has 0 radical (unpaired) electrons. The Morgan fingerprint density at radius 2 is 2.06 bits per heavy atom. The number of hydrogen-bond donors (Lipinski definition) is 1. The largest absolute Gasteiger partial charge is 0.336 e. The van der Waals surface area contributed by atoms with Gasteiger partial charge in [-0.2, -0.15) is 0 Å². The van der Waals surface area contributed by atoms with Crippen molar-refractivity contribution in [1.29, 1.82) is 0 Å². The maximum Gasteiger partial charge on any atom is 0.130 e. The molecule has 1 aromatic carbocycles. The zero-order valence-corrected chi connectivity index (χ0v) is 10.9. The predicted molar refractivity (Wildman–Crippen MR) is 70.0 cm³/mol. The molecular weight excluding hydrogens is 210 g/mol. The third kappa shape index (κ3) is 2.24. The molecule has 0 saturated heterocycles. The number of benzene rings is 1. The van der Waals surface area contributed by atoms with Gasteiger partial charge in [0.1, 0.15) is 5.82 Å². The Bertz CT molecular complexity index is 514. The van der Waals surface area contributed by atoms with E-state index in [-0.39, 0.29) is 6.04 Å². The number of imidazole rings is 1. The second kappa shape index (κ2) is 4.72. The summed E-state index contributed by atoms with van der Waals surface area (Å²) in [5, 5.41) is 3.35. The zero-order chi connectivity index (χ0) is 12.4. The lowest BCUT2D eigenvalue weighted by Crippen LogP contribution is -2.22. The molecule has 2 rings (SSSR count). The van der Waals surface area contributed by atoms with Crippen LogP contribution in [0.5, 0.6) is 0 Å². The Balaban J connectivity index is 2.49. The van der Waals surface area contributed by atoms with Gasteiger partial charge in [0.15, 0.2) is 0 Å². The molecule has 0 aliphatic rings. The summed E-state index contributed by atoms with van der Waals surface area (Å²) < 4.78 is 2.06. The summed E-state index contributed by atoms with van der Waals surface area (Å²) in [7, 11) is 4.00. The third-order valence-electron chi connectivity index (χ3n) is 3.15. The standard InChI is InChI=1S/C14H19N3/c1-10-5-6-11(2)12(9-10)13(15-3)14-16-7-8-17(14)4/h5-9,13,15H,1-4H3. The first kappa shape index (κ1) is 11.9. The van der Waals surface area contributed by atoms with E-state index in [0.29, 0.717) is 0 Å². The van der Waals surface area contributed by atoms with E-state index in [1.807, 2.05) is 26.5 Å². The molecule has 2 aromatic rings. The van der Waals surface area contributed by atoms with Gasteiger partial charge in [0.2, 0.25) is 0 Å². The maximum atomic E-state index is 4.43. The fraction of sp³-hybridized carbons (Fsp3) is 0.357. The van der Waals surface area contributed by atoms with Crippen LogP contribution in [0.3, 0.4) is 0 Å². The second-order valence-corrected chi connectivity index (χ2v) is 4.48. The lowest BCUT2D eigenvalue weighted by atomic mass is 9.98. The van der Waals surface area contributed by atoms with Gasteiger partial charge < -0.3 is 9.88 Å². The Hall–Kier alpha value is -1.61. The van der Waals surface area contributed by atoms with Gasteiger partial charge in [-0.05, 0) is 32.0 Å². The highest BCUT2D eigenvalue weighted by atomic mass is 15.1. The van der Waals surface area contributed by atoms with Crippen molar-refractivity contribution in [1.82, 2.24) is 14.9 Å². The molecule has 1 aromatic heterocycles. The van der Waals surface area contributed by atoms with Crippen molar-refractivity contribution in [2.24, 2.45) is 7.05 Å². The van der Waals surface area contributed by atoms with Crippen molar-refractivity contribution in [3.8, 4) is 0 Å². The van der Waals surface area contributed by atoms with Gasteiger partial charge >= 0.3 is 0 Å². The molecule has 1 atom stereocenters. The Labute approximate surface area is 103 Å². The molecule has 1 N–H and O–H groups in total. The van der Waals surface area contributed by atoms with Crippen LogP contribution in [0, 0.1) is 13.8 Å². The number of aryl methyl sites for hydroxylation is 3. The van der Waals surface area contributed by atoms with Gasteiger partial charge in [0.25, 0.3) is 0 Å². The molecule has 0 fully saturated rings. The van der Waals surface area contributed by atoms with E-state index >= 15 is 0 Å². The lowest BCUT2D eigenvalue weighted by molar-refractivity contribution is 0.614. The Morgan fingerprint density at radius 3 is 2.65 bits per heavy atom. The van der Waals surface area contributed by atoms with Gasteiger partial charge in [-0.1, -0.05) is 23.8 Å². The van der Waals surface area contributed by atoms with Gasteiger partial charge in [-0.15, -0.1) is 0 Å². The number of rotatable bonds is 3. The van der Waals surface area contributed by atoms with Crippen molar-refractivity contribution < 1.29 is 0 Å². The number of nitrogens with zero attached hydrogens (tertiary/aromatic N) is 2. The van der Waals surface area contributed by atoms with Crippen LogP contribution in [0.4, 0.5) is 0 Å². The van der Waals surface area contributed by atoms with Crippen molar-refractivity contribution in [3.63, 3.8) is 0 Å². The molecule has 0 amide bonds. The Kier molecular flexibility index (Phi) is 3.29. The van der Waals surface area contributed by atoms with E-state index < -0.39 is 0 Å². The first-order chi connectivity index (χ1) is 8.13. The minimum Gasteiger partial charge on any atom is -0.336 e. The van der Waals surface area contributed by atoms with E-state index in [9.17, 15) is 0 Å². The zero-order valence-electron chi connectivity index (χ0n) is 10.9. The molecule has 0 aliphatic carbocycles. The molecule has 1 heterocycles. The number of aromatic nitrogens is 2. The normalized spacial score (nSPS) is 12.7. The van der Waals surface area contributed by atoms with Crippen LogP contribution in [0.2, 0.25) is 0 Å². The summed E-state index contributed by atoms with van der Waals surface area (Å²) in [6, 6.07) is 6.68. The van der Waals surface area contributed by atoms with Crippen LogP contribution >= 0.6 is 0 Å². The quantitative estimate of drug-likeness (QED) is 0.875. The van der Waals surface area contributed by atoms with Crippen LogP contribution in [0.15, 0.2) is 30.6 Å². The fourth-order valence-electron chi connectivity index (χ4n) is 2.15. The summed E-state index contributed by atoms with van der Waals surface area (Å²) in [6.07, 6.45) is 3.82. The van der Waals surface area contributed by atoms with Gasteiger partial charge in [0, 0.05) is 19.4 Å². The summed E-state index contributed by atoms with van der Waals surface area (Å²) in [5.41, 5.74) is 3.86. The molecule has 17 heavy (non-hydrogen) atoms. The first-order valence-corrected chi connectivity index (χ1v) is 5.85. The molecule has 0 aliphatic heterocycles. The number of nitrogens with one attached hydrogen (secondary N) is 1. The topological polar surface area (TPSA) is 29.9 Å². The van der Waals surface area contributed by atoms with Crippen LogP contribution in [0.1, 0.15) is 28.6 Å².